The van der Waals surface area contributed by atoms with Gasteiger partial charge in [0.1, 0.15) is 0 Å². The number of hydrogen-bond donors (Lipinski definition) is 2. The van der Waals surface area contributed by atoms with Gasteiger partial charge in [-0.25, -0.2) is 4.72 Å². The highest BCUT2D eigenvalue weighted by atomic mass is 32.2. The second-order valence-electron chi connectivity index (χ2n) is 6.27. The number of nitrogens with one attached hydrogen (secondary N) is 2. The van der Waals surface area contributed by atoms with Crippen LogP contribution in [0.25, 0.3) is 0 Å². The Kier molecular flexibility index (Phi) is 5.22. The maximum absolute atomic E-state index is 12.1. The molecule has 112 valence electrons. The quantitative estimate of drug-likeness (QED) is 0.733. The van der Waals surface area contributed by atoms with E-state index >= 15 is 0 Å². The Labute approximate surface area is 117 Å². The van der Waals surface area contributed by atoms with Crippen LogP contribution in [-0.4, -0.2) is 44.9 Å². The number of piperidine rings is 1. The summed E-state index contributed by atoms with van der Waals surface area (Å²) in [6.07, 6.45) is 4.57. The zero-order valence-corrected chi connectivity index (χ0v) is 12.9. The Bertz CT molecular complexity index is 371. The van der Waals surface area contributed by atoms with E-state index in [4.69, 9.17) is 0 Å². The first-order valence-electron chi connectivity index (χ1n) is 7.45. The Morgan fingerprint density at radius 1 is 1.16 bits per heavy atom. The summed E-state index contributed by atoms with van der Waals surface area (Å²) < 4.78 is 28.4. The molecular formula is C13H27N3O2S. The fourth-order valence-electron chi connectivity index (χ4n) is 2.32. The molecule has 2 aliphatic rings. The Hall–Kier alpha value is -0.170. The second-order valence-corrected chi connectivity index (χ2v) is 8.03. The van der Waals surface area contributed by atoms with Crippen LogP contribution < -0.4 is 10.0 Å². The molecule has 1 saturated carbocycles. The van der Waals surface area contributed by atoms with Crippen LogP contribution in [0, 0.1) is 11.8 Å². The lowest BCUT2D eigenvalue weighted by atomic mass is 10.1. The first kappa shape index (κ1) is 15.2. The monoisotopic (exact) mass is 289 g/mol. The number of hydrogen-bond acceptors (Lipinski definition) is 3. The first-order valence-corrected chi connectivity index (χ1v) is 8.89. The molecule has 0 amide bonds. The van der Waals surface area contributed by atoms with E-state index in [-0.39, 0.29) is 0 Å². The number of nitrogens with zero attached hydrogens (tertiary/aromatic N) is 1. The molecule has 2 N–H and O–H groups in total. The highest BCUT2D eigenvalue weighted by Gasteiger charge is 2.29. The predicted octanol–water partition coefficient (Wildman–Crippen LogP) is 0.941. The summed E-state index contributed by atoms with van der Waals surface area (Å²) in [6.45, 7) is 6.92. The fourth-order valence-corrected chi connectivity index (χ4v) is 3.74. The summed E-state index contributed by atoms with van der Waals surface area (Å²) >= 11 is 0. The Balaban J connectivity index is 1.71. The van der Waals surface area contributed by atoms with Crippen molar-refractivity contribution in [2.24, 2.45) is 11.8 Å². The van der Waals surface area contributed by atoms with Crippen LogP contribution in [0.1, 0.15) is 39.5 Å². The molecule has 2 fully saturated rings. The molecule has 0 radical (unpaired) electrons. The smallest absolute Gasteiger partial charge is 0.279 e. The summed E-state index contributed by atoms with van der Waals surface area (Å²) in [5.41, 5.74) is 0. The van der Waals surface area contributed by atoms with Gasteiger partial charge in [0.05, 0.1) is 0 Å². The maximum atomic E-state index is 12.1. The third-order valence-corrected chi connectivity index (χ3v) is 5.44. The van der Waals surface area contributed by atoms with Crippen LogP contribution in [0.15, 0.2) is 0 Å². The standard InChI is InChI=1S/C13H27N3O2S/c1-11(2)9-15-19(17,18)16-7-5-13(6-8-16)14-10-12-3-4-12/h11-15H,3-10H2,1-2H3. The summed E-state index contributed by atoms with van der Waals surface area (Å²) in [5, 5.41) is 3.56. The molecule has 0 atom stereocenters. The van der Waals surface area contributed by atoms with E-state index in [1.165, 1.54) is 12.8 Å². The molecule has 0 unspecified atom stereocenters. The fraction of sp³-hybridized carbons (Fsp3) is 1.00. The lowest BCUT2D eigenvalue weighted by Crippen LogP contribution is -2.49. The van der Waals surface area contributed by atoms with Crippen molar-refractivity contribution in [2.45, 2.75) is 45.6 Å². The predicted molar refractivity (Wildman–Crippen MR) is 77.1 cm³/mol. The van der Waals surface area contributed by atoms with Gasteiger partial charge in [-0.2, -0.15) is 12.7 Å². The zero-order valence-electron chi connectivity index (χ0n) is 12.1. The summed E-state index contributed by atoms with van der Waals surface area (Å²) in [6, 6.07) is 0.497. The van der Waals surface area contributed by atoms with Gasteiger partial charge in [-0.3, -0.25) is 0 Å². The van der Waals surface area contributed by atoms with Gasteiger partial charge in [-0.05, 0) is 44.1 Å². The van der Waals surface area contributed by atoms with E-state index in [0.29, 0.717) is 31.6 Å². The van der Waals surface area contributed by atoms with Gasteiger partial charge < -0.3 is 5.32 Å². The molecule has 2 rings (SSSR count). The van der Waals surface area contributed by atoms with Crippen LogP contribution in [0.3, 0.4) is 0 Å². The lowest BCUT2D eigenvalue weighted by Gasteiger charge is -2.32. The van der Waals surface area contributed by atoms with E-state index in [9.17, 15) is 8.42 Å². The topological polar surface area (TPSA) is 61.4 Å². The molecule has 0 spiro atoms. The van der Waals surface area contributed by atoms with Crippen molar-refractivity contribution < 1.29 is 8.42 Å². The molecule has 0 aromatic heterocycles. The van der Waals surface area contributed by atoms with Crippen molar-refractivity contribution in [3.05, 3.63) is 0 Å². The van der Waals surface area contributed by atoms with E-state index in [1.807, 2.05) is 13.8 Å². The molecule has 0 aromatic carbocycles. The van der Waals surface area contributed by atoms with Crippen LogP contribution in [0.2, 0.25) is 0 Å². The third kappa shape index (κ3) is 5.02. The average molecular weight is 289 g/mol. The van der Waals surface area contributed by atoms with Crippen LogP contribution in [-0.2, 0) is 10.2 Å². The average Bonchev–Trinajstić information content (AvgIpc) is 3.19. The molecule has 1 aliphatic heterocycles. The molecule has 19 heavy (non-hydrogen) atoms. The van der Waals surface area contributed by atoms with Gasteiger partial charge in [0, 0.05) is 25.7 Å². The van der Waals surface area contributed by atoms with Crippen molar-refractivity contribution in [1.82, 2.24) is 14.3 Å². The van der Waals surface area contributed by atoms with E-state index in [1.54, 1.807) is 4.31 Å². The lowest BCUT2D eigenvalue weighted by molar-refractivity contribution is 0.284. The van der Waals surface area contributed by atoms with Crippen LogP contribution in [0.5, 0.6) is 0 Å². The summed E-state index contributed by atoms with van der Waals surface area (Å²) in [7, 11) is -3.27. The molecular weight excluding hydrogens is 262 g/mol. The highest BCUT2D eigenvalue weighted by Crippen LogP contribution is 2.28. The van der Waals surface area contributed by atoms with E-state index in [2.05, 4.69) is 10.0 Å². The first-order chi connectivity index (χ1) is 8.97. The molecule has 1 aliphatic carbocycles. The SMILES string of the molecule is CC(C)CNS(=O)(=O)N1CCC(NCC2CC2)CC1. The van der Waals surface area contributed by atoms with Crippen LogP contribution in [0.4, 0.5) is 0 Å². The van der Waals surface area contributed by atoms with Crippen molar-refractivity contribution in [3.63, 3.8) is 0 Å². The molecule has 6 heteroatoms. The minimum atomic E-state index is -3.27. The Morgan fingerprint density at radius 3 is 2.32 bits per heavy atom. The summed E-state index contributed by atoms with van der Waals surface area (Å²) in [4.78, 5) is 0. The minimum absolute atomic E-state index is 0.340. The minimum Gasteiger partial charge on any atom is -0.314 e. The molecule has 1 saturated heterocycles. The van der Waals surface area contributed by atoms with Crippen molar-refractivity contribution in [1.29, 1.82) is 0 Å². The number of rotatable bonds is 7. The van der Waals surface area contributed by atoms with Crippen molar-refractivity contribution in [2.75, 3.05) is 26.2 Å². The maximum Gasteiger partial charge on any atom is 0.279 e. The highest BCUT2D eigenvalue weighted by molar-refractivity contribution is 7.87. The van der Waals surface area contributed by atoms with Gasteiger partial charge in [-0.15, -0.1) is 0 Å². The Morgan fingerprint density at radius 2 is 1.79 bits per heavy atom. The van der Waals surface area contributed by atoms with E-state index < -0.39 is 10.2 Å². The van der Waals surface area contributed by atoms with E-state index in [0.717, 1.165) is 25.3 Å². The van der Waals surface area contributed by atoms with Gasteiger partial charge in [0.2, 0.25) is 0 Å². The molecule has 1 heterocycles. The molecule has 0 bridgehead atoms. The van der Waals surface area contributed by atoms with Crippen molar-refractivity contribution >= 4 is 10.2 Å². The second kappa shape index (κ2) is 6.52. The van der Waals surface area contributed by atoms with Crippen molar-refractivity contribution in [3.8, 4) is 0 Å². The summed E-state index contributed by atoms with van der Waals surface area (Å²) in [5.74, 6) is 1.22. The zero-order chi connectivity index (χ0) is 13.9. The third-order valence-electron chi connectivity index (χ3n) is 3.86. The molecule has 0 aromatic rings. The van der Waals surface area contributed by atoms with Gasteiger partial charge in [-0.1, -0.05) is 13.8 Å². The largest absolute Gasteiger partial charge is 0.314 e. The molecule has 5 nitrogen and oxygen atoms in total. The normalized spacial score (nSPS) is 23.1. The van der Waals surface area contributed by atoms with Crippen LogP contribution >= 0.6 is 0 Å². The van der Waals surface area contributed by atoms with Gasteiger partial charge in [0.25, 0.3) is 10.2 Å². The van der Waals surface area contributed by atoms with Gasteiger partial charge in [0.15, 0.2) is 0 Å². The van der Waals surface area contributed by atoms with Gasteiger partial charge >= 0.3 is 0 Å².